The minimum absolute atomic E-state index is 0.0599. The van der Waals surface area contributed by atoms with Gasteiger partial charge in [0.25, 0.3) is 0 Å². The molecule has 116 valence electrons. The predicted octanol–water partition coefficient (Wildman–Crippen LogP) is 2.98. The fraction of sp³-hybridized carbons (Fsp3) is 0.412. The summed E-state index contributed by atoms with van der Waals surface area (Å²) in [7, 11) is 3.43. The number of benzene rings is 1. The first-order valence-corrected chi connectivity index (χ1v) is 7.50. The lowest BCUT2D eigenvalue weighted by molar-refractivity contribution is 0.0689. The van der Waals surface area contributed by atoms with Gasteiger partial charge in [0.2, 0.25) is 0 Å². The molecule has 1 aromatic heterocycles. The van der Waals surface area contributed by atoms with Gasteiger partial charge in [0.05, 0.1) is 12.8 Å². The van der Waals surface area contributed by atoms with E-state index in [2.05, 4.69) is 12.0 Å². The second-order valence-electron chi connectivity index (χ2n) is 5.78. The van der Waals surface area contributed by atoms with E-state index in [9.17, 15) is 9.90 Å². The van der Waals surface area contributed by atoms with Crippen LogP contribution in [0.2, 0.25) is 0 Å². The van der Waals surface area contributed by atoms with Crippen LogP contribution < -0.4 is 4.74 Å². The molecule has 0 bridgehead atoms. The van der Waals surface area contributed by atoms with Gasteiger partial charge in [-0.3, -0.25) is 4.68 Å². The number of aromatic nitrogens is 2. The maximum absolute atomic E-state index is 11.2. The molecule has 0 fully saturated rings. The number of rotatable bonds is 3. The molecule has 0 saturated heterocycles. The quantitative estimate of drug-likeness (QED) is 0.946. The molecule has 1 aromatic carbocycles. The molecule has 0 aliphatic heterocycles. The molecule has 0 amide bonds. The Labute approximate surface area is 129 Å². The van der Waals surface area contributed by atoms with E-state index in [1.54, 1.807) is 24.9 Å². The first-order valence-electron chi connectivity index (χ1n) is 7.50. The summed E-state index contributed by atoms with van der Waals surface area (Å²) in [5.74, 6) is -0.222. The Morgan fingerprint density at radius 1 is 1.27 bits per heavy atom. The van der Waals surface area contributed by atoms with Crippen molar-refractivity contribution in [2.75, 3.05) is 7.11 Å². The zero-order valence-corrected chi connectivity index (χ0v) is 13.1. The second-order valence-corrected chi connectivity index (χ2v) is 5.78. The number of carbonyl (C=O) groups is 1. The van der Waals surface area contributed by atoms with Crippen LogP contribution >= 0.6 is 0 Å². The van der Waals surface area contributed by atoms with Gasteiger partial charge in [-0.1, -0.05) is 0 Å². The van der Waals surface area contributed by atoms with Crippen LogP contribution in [0.25, 0.3) is 11.3 Å². The number of nitrogens with zero attached hydrogens (tertiary/aromatic N) is 2. The number of carboxylic acids is 1. The fourth-order valence-corrected chi connectivity index (χ4v) is 3.37. The molecule has 0 saturated carbocycles. The van der Waals surface area contributed by atoms with Gasteiger partial charge in [-0.2, -0.15) is 5.10 Å². The summed E-state index contributed by atoms with van der Waals surface area (Å²) < 4.78 is 7.21. The van der Waals surface area contributed by atoms with E-state index in [0.717, 1.165) is 36.3 Å². The molecule has 22 heavy (non-hydrogen) atoms. The molecule has 0 radical (unpaired) electrons. The highest BCUT2D eigenvalue weighted by atomic mass is 16.5. The van der Waals surface area contributed by atoms with Crippen molar-refractivity contribution < 1.29 is 14.6 Å². The van der Waals surface area contributed by atoms with Crippen molar-refractivity contribution in [3.8, 4) is 17.0 Å². The normalized spacial score (nSPS) is 13.8. The first-order chi connectivity index (χ1) is 10.5. The number of aryl methyl sites for hydroxylation is 2. The van der Waals surface area contributed by atoms with Gasteiger partial charge >= 0.3 is 5.97 Å². The zero-order chi connectivity index (χ0) is 15.9. The SMILES string of the molecule is COc1cc(C)c2c(c1-c1cc(C(=O)O)nn1C)CCCC2. The largest absolute Gasteiger partial charge is 0.496 e. The zero-order valence-electron chi connectivity index (χ0n) is 13.1. The van der Waals surface area contributed by atoms with Crippen molar-refractivity contribution >= 4 is 5.97 Å². The Bertz CT molecular complexity index is 747. The number of aromatic carboxylic acids is 1. The average molecular weight is 300 g/mol. The number of methoxy groups -OCH3 is 1. The van der Waals surface area contributed by atoms with Crippen LogP contribution in [0.15, 0.2) is 12.1 Å². The van der Waals surface area contributed by atoms with E-state index in [0.29, 0.717) is 0 Å². The van der Waals surface area contributed by atoms with Crippen LogP contribution in [0.3, 0.4) is 0 Å². The summed E-state index contributed by atoms with van der Waals surface area (Å²) in [5.41, 5.74) is 5.75. The molecule has 1 aliphatic rings. The summed E-state index contributed by atoms with van der Waals surface area (Å²) in [6.07, 6.45) is 4.42. The van der Waals surface area contributed by atoms with Crippen LogP contribution in [0.1, 0.15) is 40.0 Å². The molecule has 0 spiro atoms. The summed E-state index contributed by atoms with van der Waals surface area (Å²) in [6, 6.07) is 3.68. The van der Waals surface area contributed by atoms with Gasteiger partial charge in [-0.05, 0) is 61.4 Å². The number of fused-ring (bicyclic) bond motifs is 1. The maximum Gasteiger partial charge on any atom is 0.356 e. The minimum atomic E-state index is -1.01. The van der Waals surface area contributed by atoms with Crippen LogP contribution in [-0.2, 0) is 19.9 Å². The highest BCUT2D eigenvalue weighted by Crippen LogP contribution is 2.40. The lowest BCUT2D eigenvalue weighted by atomic mass is 9.84. The molecular formula is C17H20N2O3. The second kappa shape index (κ2) is 5.48. The third-order valence-electron chi connectivity index (χ3n) is 4.41. The monoisotopic (exact) mass is 300 g/mol. The standard InChI is InChI=1S/C17H20N2O3/c1-10-8-15(22-3)16(12-7-5-4-6-11(10)12)14-9-13(17(20)21)18-19(14)2/h8-9H,4-7H2,1-3H3,(H,20,21). The lowest BCUT2D eigenvalue weighted by Gasteiger charge is -2.24. The van der Waals surface area contributed by atoms with E-state index in [1.165, 1.54) is 23.1 Å². The van der Waals surface area contributed by atoms with Gasteiger partial charge in [0, 0.05) is 12.6 Å². The number of carboxylic acid groups (broad SMARTS) is 1. The van der Waals surface area contributed by atoms with Gasteiger partial charge in [-0.15, -0.1) is 0 Å². The van der Waals surface area contributed by atoms with Crippen LogP contribution in [-0.4, -0.2) is 28.0 Å². The van der Waals surface area contributed by atoms with Crippen molar-refractivity contribution in [3.05, 3.63) is 34.5 Å². The molecule has 0 unspecified atom stereocenters. The average Bonchev–Trinajstić information content (AvgIpc) is 2.89. The lowest BCUT2D eigenvalue weighted by Crippen LogP contribution is -2.09. The maximum atomic E-state index is 11.2. The van der Waals surface area contributed by atoms with E-state index < -0.39 is 5.97 Å². The Hall–Kier alpha value is -2.30. The van der Waals surface area contributed by atoms with E-state index >= 15 is 0 Å². The van der Waals surface area contributed by atoms with Crippen molar-refractivity contribution in [1.82, 2.24) is 9.78 Å². The molecule has 5 heteroatoms. The molecule has 5 nitrogen and oxygen atoms in total. The van der Waals surface area contributed by atoms with E-state index in [1.807, 2.05) is 6.07 Å². The molecule has 1 N–H and O–H groups in total. The molecule has 1 heterocycles. The summed E-state index contributed by atoms with van der Waals surface area (Å²) in [6.45, 7) is 2.11. The van der Waals surface area contributed by atoms with Crippen LogP contribution in [0, 0.1) is 6.92 Å². The molecule has 2 aromatic rings. The smallest absolute Gasteiger partial charge is 0.356 e. The number of hydrogen-bond donors (Lipinski definition) is 1. The molecule has 3 rings (SSSR count). The van der Waals surface area contributed by atoms with Crippen LogP contribution in [0.5, 0.6) is 5.75 Å². The van der Waals surface area contributed by atoms with Crippen molar-refractivity contribution in [1.29, 1.82) is 0 Å². The predicted molar refractivity (Wildman–Crippen MR) is 83.5 cm³/mol. The van der Waals surface area contributed by atoms with Crippen molar-refractivity contribution in [2.45, 2.75) is 32.6 Å². The third-order valence-corrected chi connectivity index (χ3v) is 4.41. The summed E-state index contributed by atoms with van der Waals surface area (Å²) in [5, 5.41) is 13.3. The first kappa shape index (κ1) is 14.6. The molecule has 0 atom stereocenters. The van der Waals surface area contributed by atoms with Crippen molar-refractivity contribution in [2.24, 2.45) is 7.05 Å². The minimum Gasteiger partial charge on any atom is -0.496 e. The van der Waals surface area contributed by atoms with Gasteiger partial charge in [-0.25, -0.2) is 4.79 Å². The summed E-state index contributed by atoms with van der Waals surface area (Å²) >= 11 is 0. The third kappa shape index (κ3) is 2.26. The fourth-order valence-electron chi connectivity index (χ4n) is 3.37. The molecule has 1 aliphatic carbocycles. The van der Waals surface area contributed by atoms with E-state index in [-0.39, 0.29) is 5.69 Å². The Kier molecular flexibility index (Phi) is 3.64. The summed E-state index contributed by atoms with van der Waals surface area (Å²) in [4.78, 5) is 11.2. The van der Waals surface area contributed by atoms with Gasteiger partial charge < -0.3 is 9.84 Å². The Balaban J connectivity index is 2.27. The Morgan fingerprint density at radius 3 is 2.55 bits per heavy atom. The highest BCUT2D eigenvalue weighted by molar-refractivity contribution is 5.88. The van der Waals surface area contributed by atoms with Gasteiger partial charge in [0.1, 0.15) is 5.75 Å². The molecular weight excluding hydrogens is 280 g/mol. The van der Waals surface area contributed by atoms with Crippen molar-refractivity contribution in [3.63, 3.8) is 0 Å². The number of hydrogen-bond acceptors (Lipinski definition) is 3. The topological polar surface area (TPSA) is 64.3 Å². The van der Waals surface area contributed by atoms with Gasteiger partial charge in [0.15, 0.2) is 5.69 Å². The number of ether oxygens (including phenoxy) is 1. The van der Waals surface area contributed by atoms with Crippen LogP contribution in [0.4, 0.5) is 0 Å². The van der Waals surface area contributed by atoms with E-state index in [4.69, 9.17) is 4.74 Å². The highest BCUT2D eigenvalue weighted by Gasteiger charge is 2.24. The Morgan fingerprint density at radius 2 is 1.95 bits per heavy atom.